The van der Waals surface area contributed by atoms with Crippen LogP contribution >= 0.6 is 35.0 Å². The van der Waals surface area contributed by atoms with Crippen molar-refractivity contribution >= 4 is 35.0 Å². The molecule has 1 aliphatic heterocycles. The molecule has 3 nitrogen and oxygen atoms in total. The molecule has 1 atom stereocenters. The molecule has 0 saturated heterocycles. The van der Waals surface area contributed by atoms with E-state index >= 15 is 0 Å². The van der Waals surface area contributed by atoms with Crippen LogP contribution in [0.25, 0.3) is 5.69 Å². The monoisotopic (exact) mass is 415 g/mol. The van der Waals surface area contributed by atoms with Gasteiger partial charge in [0.2, 0.25) is 5.82 Å². The predicted octanol–water partition coefficient (Wildman–Crippen LogP) is 5.93. The minimum absolute atomic E-state index is 0.237. The van der Waals surface area contributed by atoms with Gasteiger partial charge in [0.15, 0.2) is 0 Å². The fraction of sp³-hybridized carbons (Fsp3) is 0.176. The molecule has 1 aliphatic rings. The zero-order valence-corrected chi connectivity index (χ0v) is 15.3. The van der Waals surface area contributed by atoms with E-state index in [9.17, 15) is 13.2 Å². The molecule has 0 saturated carbocycles. The Morgan fingerprint density at radius 3 is 2.54 bits per heavy atom. The van der Waals surface area contributed by atoms with Crippen molar-refractivity contribution in [1.29, 1.82) is 0 Å². The third-order valence-electron chi connectivity index (χ3n) is 4.06. The third-order valence-corrected chi connectivity index (χ3v) is 5.91. The van der Waals surface area contributed by atoms with Gasteiger partial charge in [-0.1, -0.05) is 41.4 Å². The number of thioether (sulfide) groups is 1. The Labute approximate surface area is 161 Å². The van der Waals surface area contributed by atoms with E-state index in [1.807, 2.05) is 18.2 Å². The quantitative estimate of drug-likeness (QED) is 0.493. The standard InChI is InChI=1S/C17H10Cl2F3N3S/c18-9-5-6-13-11(7-9)15(10-3-1-2-4-12(10)19)26-8-14-23-24-16(25(13)14)17(20,21)22/h1-7,15H,8H2/t15-/m1/s1. The second kappa shape index (κ2) is 6.48. The molecule has 1 aromatic heterocycles. The van der Waals surface area contributed by atoms with E-state index in [2.05, 4.69) is 10.2 Å². The lowest BCUT2D eigenvalue weighted by Gasteiger charge is -2.20. The first-order valence-corrected chi connectivity index (χ1v) is 9.34. The summed E-state index contributed by atoms with van der Waals surface area (Å²) in [5.41, 5.74) is 1.81. The number of hydrogen-bond acceptors (Lipinski definition) is 3. The van der Waals surface area contributed by atoms with E-state index < -0.39 is 12.0 Å². The molecule has 0 aliphatic carbocycles. The van der Waals surface area contributed by atoms with Crippen LogP contribution in [-0.4, -0.2) is 14.8 Å². The van der Waals surface area contributed by atoms with Crippen LogP contribution in [0, 0.1) is 0 Å². The van der Waals surface area contributed by atoms with Crippen molar-refractivity contribution in [3.8, 4) is 5.69 Å². The number of alkyl halides is 3. The number of halogens is 5. The van der Waals surface area contributed by atoms with Crippen molar-refractivity contribution in [2.45, 2.75) is 17.2 Å². The van der Waals surface area contributed by atoms with Gasteiger partial charge in [-0.3, -0.25) is 4.57 Å². The number of fused-ring (bicyclic) bond motifs is 3. The lowest BCUT2D eigenvalue weighted by atomic mass is 10.0. The van der Waals surface area contributed by atoms with Crippen LogP contribution in [0.4, 0.5) is 13.2 Å². The average molecular weight is 416 g/mol. The highest BCUT2D eigenvalue weighted by Gasteiger charge is 2.40. The molecule has 2 aromatic carbocycles. The molecule has 3 aromatic rings. The first kappa shape index (κ1) is 17.7. The van der Waals surface area contributed by atoms with Crippen LogP contribution in [0.3, 0.4) is 0 Å². The predicted molar refractivity (Wildman–Crippen MR) is 96.0 cm³/mol. The van der Waals surface area contributed by atoms with Crippen molar-refractivity contribution in [2.75, 3.05) is 0 Å². The van der Waals surface area contributed by atoms with Crippen LogP contribution in [-0.2, 0) is 11.9 Å². The molecule has 0 unspecified atom stereocenters. The van der Waals surface area contributed by atoms with Gasteiger partial charge in [-0.25, -0.2) is 0 Å². The fourth-order valence-corrected chi connectivity index (χ4v) is 4.72. The first-order chi connectivity index (χ1) is 12.4. The summed E-state index contributed by atoms with van der Waals surface area (Å²) in [6.45, 7) is 0. The Balaban J connectivity index is 1.97. The van der Waals surface area contributed by atoms with E-state index in [1.165, 1.54) is 11.8 Å². The van der Waals surface area contributed by atoms with E-state index in [0.717, 1.165) is 10.1 Å². The maximum atomic E-state index is 13.4. The van der Waals surface area contributed by atoms with Crippen LogP contribution in [0.1, 0.15) is 28.0 Å². The van der Waals surface area contributed by atoms with Crippen molar-refractivity contribution in [1.82, 2.24) is 14.8 Å². The van der Waals surface area contributed by atoms with Gasteiger partial charge < -0.3 is 0 Å². The molecule has 2 heterocycles. The van der Waals surface area contributed by atoms with Crippen molar-refractivity contribution in [2.24, 2.45) is 0 Å². The summed E-state index contributed by atoms with van der Waals surface area (Å²) >= 11 is 13.9. The number of benzene rings is 2. The number of rotatable bonds is 1. The highest BCUT2D eigenvalue weighted by atomic mass is 35.5. The molecule has 134 valence electrons. The Bertz CT molecular complexity index is 988. The highest BCUT2D eigenvalue weighted by molar-refractivity contribution is 7.99. The fourth-order valence-electron chi connectivity index (χ4n) is 2.98. The maximum Gasteiger partial charge on any atom is 0.452 e. The molecule has 0 amide bonds. The molecular formula is C17H10Cl2F3N3S. The maximum absolute atomic E-state index is 13.4. The van der Waals surface area contributed by atoms with Gasteiger partial charge in [0, 0.05) is 10.0 Å². The zero-order valence-electron chi connectivity index (χ0n) is 13.0. The zero-order chi connectivity index (χ0) is 18.5. The molecule has 0 spiro atoms. The van der Waals surface area contributed by atoms with Gasteiger partial charge in [0.05, 0.1) is 16.7 Å². The first-order valence-electron chi connectivity index (χ1n) is 7.53. The van der Waals surface area contributed by atoms with Crippen LogP contribution < -0.4 is 0 Å². The second-order valence-corrected chi connectivity index (χ2v) is 7.63. The van der Waals surface area contributed by atoms with E-state index in [0.29, 0.717) is 21.3 Å². The van der Waals surface area contributed by atoms with Crippen molar-refractivity contribution < 1.29 is 13.2 Å². The van der Waals surface area contributed by atoms with Gasteiger partial charge in [-0.15, -0.1) is 22.0 Å². The summed E-state index contributed by atoms with van der Waals surface area (Å²) in [7, 11) is 0. The minimum Gasteiger partial charge on any atom is -0.274 e. The summed E-state index contributed by atoms with van der Waals surface area (Å²) in [6, 6.07) is 12.1. The van der Waals surface area contributed by atoms with E-state index in [4.69, 9.17) is 23.2 Å². The Morgan fingerprint density at radius 1 is 1.04 bits per heavy atom. The molecule has 4 rings (SSSR count). The molecular weight excluding hydrogens is 406 g/mol. The third kappa shape index (κ3) is 2.98. The summed E-state index contributed by atoms with van der Waals surface area (Å²) < 4.78 is 41.3. The minimum atomic E-state index is -4.61. The topological polar surface area (TPSA) is 30.7 Å². The second-order valence-electron chi connectivity index (χ2n) is 5.69. The van der Waals surface area contributed by atoms with Gasteiger partial charge in [0.25, 0.3) is 0 Å². The molecule has 0 bridgehead atoms. The van der Waals surface area contributed by atoms with E-state index in [-0.39, 0.29) is 16.8 Å². The van der Waals surface area contributed by atoms with Gasteiger partial charge >= 0.3 is 6.18 Å². The summed E-state index contributed by atoms with van der Waals surface area (Å²) in [6.07, 6.45) is -4.61. The van der Waals surface area contributed by atoms with Crippen LogP contribution in [0.5, 0.6) is 0 Å². The largest absolute Gasteiger partial charge is 0.452 e. The average Bonchev–Trinajstić information content (AvgIpc) is 2.95. The summed E-state index contributed by atoms with van der Waals surface area (Å²) in [5, 5.41) is 7.83. The molecule has 26 heavy (non-hydrogen) atoms. The SMILES string of the molecule is FC(F)(F)c1nnc2n1-c1ccc(Cl)cc1[C@@H](c1ccccc1Cl)SC2. The Morgan fingerprint density at radius 2 is 1.81 bits per heavy atom. The molecule has 0 N–H and O–H groups in total. The highest BCUT2D eigenvalue weighted by Crippen LogP contribution is 2.47. The number of aromatic nitrogens is 3. The number of nitrogens with zero attached hydrogens (tertiary/aromatic N) is 3. The Hall–Kier alpha value is -1.70. The smallest absolute Gasteiger partial charge is 0.274 e. The van der Waals surface area contributed by atoms with E-state index in [1.54, 1.807) is 24.3 Å². The van der Waals surface area contributed by atoms with Crippen LogP contribution in [0.2, 0.25) is 10.0 Å². The lowest BCUT2D eigenvalue weighted by Crippen LogP contribution is -2.15. The van der Waals surface area contributed by atoms with Crippen molar-refractivity contribution in [3.63, 3.8) is 0 Å². The Kier molecular flexibility index (Phi) is 4.41. The normalized spacial score (nSPS) is 16.7. The van der Waals surface area contributed by atoms with Gasteiger partial charge in [0.1, 0.15) is 5.82 Å². The van der Waals surface area contributed by atoms with Gasteiger partial charge in [-0.2, -0.15) is 13.2 Å². The van der Waals surface area contributed by atoms with Crippen molar-refractivity contribution in [3.05, 3.63) is 75.3 Å². The molecule has 9 heteroatoms. The van der Waals surface area contributed by atoms with Gasteiger partial charge in [-0.05, 0) is 35.4 Å². The molecule has 0 fully saturated rings. The van der Waals surface area contributed by atoms with Crippen LogP contribution in [0.15, 0.2) is 42.5 Å². The lowest BCUT2D eigenvalue weighted by molar-refractivity contribution is -0.146. The molecule has 0 radical (unpaired) electrons. The summed E-state index contributed by atoms with van der Waals surface area (Å²) in [5.74, 6) is -0.553. The summed E-state index contributed by atoms with van der Waals surface area (Å²) in [4.78, 5) is 0. The number of hydrogen-bond donors (Lipinski definition) is 0.